The molecule has 0 amide bonds. The summed E-state index contributed by atoms with van der Waals surface area (Å²) in [5.74, 6) is 1.72. The SMILES string of the molecule is CCNC(=NCCCS(=O)(=O)Cc1ccccc1)NC(C)CCC(C)C. The summed E-state index contributed by atoms with van der Waals surface area (Å²) in [5.41, 5.74) is 0.838. The van der Waals surface area contributed by atoms with Crippen LogP contribution in [0.5, 0.6) is 0 Å². The summed E-state index contributed by atoms with van der Waals surface area (Å²) >= 11 is 0. The highest BCUT2D eigenvalue weighted by atomic mass is 32.2. The van der Waals surface area contributed by atoms with E-state index in [4.69, 9.17) is 0 Å². The molecule has 0 fully saturated rings. The van der Waals surface area contributed by atoms with Gasteiger partial charge in [0.1, 0.15) is 0 Å². The van der Waals surface area contributed by atoms with E-state index in [1.54, 1.807) is 0 Å². The summed E-state index contributed by atoms with van der Waals surface area (Å²) in [7, 11) is -3.10. The Hall–Kier alpha value is -1.56. The second-order valence-electron chi connectivity index (χ2n) is 7.21. The fraction of sp³-hybridized carbons (Fsp3) is 0.650. The van der Waals surface area contributed by atoms with Crippen molar-refractivity contribution in [1.29, 1.82) is 0 Å². The van der Waals surface area contributed by atoms with Gasteiger partial charge in [0.15, 0.2) is 15.8 Å². The highest BCUT2D eigenvalue weighted by Gasteiger charge is 2.11. The van der Waals surface area contributed by atoms with Crippen LogP contribution in [0.15, 0.2) is 35.3 Å². The maximum atomic E-state index is 12.2. The summed E-state index contributed by atoms with van der Waals surface area (Å²) in [6.45, 7) is 9.92. The van der Waals surface area contributed by atoms with Crippen molar-refractivity contribution in [2.45, 2.75) is 58.8 Å². The highest BCUT2D eigenvalue weighted by molar-refractivity contribution is 7.90. The zero-order valence-corrected chi connectivity index (χ0v) is 17.5. The normalized spacial score (nSPS) is 13.7. The smallest absolute Gasteiger partial charge is 0.191 e. The predicted octanol–water partition coefficient (Wildman–Crippen LogP) is 3.37. The van der Waals surface area contributed by atoms with Crippen molar-refractivity contribution in [2.24, 2.45) is 10.9 Å². The van der Waals surface area contributed by atoms with Crippen molar-refractivity contribution >= 4 is 15.8 Å². The van der Waals surface area contributed by atoms with Gasteiger partial charge in [0.25, 0.3) is 0 Å². The molecule has 1 unspecified atom stereocenters. The number of rotatable bonds is 11. The van der Waals surface area contributed by atoms with E-state index in [9.17, 15) is 8.42 Å². The van der Waals surface area contributed by atoms with E-state index in [0.29, 0.717) is 24.9 Å². The van der Waals surface area contributed by atoms with E-state index in [1.165, 1.54) is 6.42 Å². The number of aliphatic imine (C=N–C) groups is 1. The number of hydrogen-bond acceptors (Lipinski definition) is 3. The lowest BCUT2D eigenvalue weighted by Crippen LogP contribution is -2.42. The van der Waals surface area contributed by atoms with Crippen LogP contribution in [-0.4, -0.2) is 39.3 Å². The van der Waals surface area contributed by atoms with Crippen molar-refractivity contribution in [1.82, 2.24) is 10.6 Å². The van der Waals surface area contributed by atoms with Gasteiger partial charge < -0.3 is 10.6 Å². The molecule has 0 spiro atoms. The number of guanidine groups is 1. The summed E-state index contributed by atoms with van der Waals surface area (Å²) in [6.07, 6.45) is 2.80. The Labute approximate surface area is 159 Å². The van der Waals surface area contributed by atoms with E-state index < -0.39 is 9.84 Å². The monoisotopic (exact) mass is 381 g/mol. The maximum absolute atomic E-state index is 12.2. The van der Waals surface area contributed by atoms with Gasteiger partial charge in [-0.2, -0.15) is 0 Å². The molecule has 1 aromatic carbocycles. The quantitative estimate of drug-likeness (QED) is 0.350. The molecular formula is C20H35N3O2S. The number of hydrogen-bond donors (Lipinski definition) is 2. The molecule has 0 saturated heterocycles. The van der Waals surface area contributed by atoms with Crippen molar-refractivity contribution in [3.8, 4) is 0 Å². The lowest BCUT2D eigenvalue weighted by molar-refractivity contribution is 0.489. The first-order valence-electron chi connectivity index (χ1n) is 9.61. The van der Waals surface area contributed by atoms with Gasteiger partial charge in [0, 0.05) is 19.1 Å². The van der Waals surface area contributed by atoms with Gasteiger partial charge in [-0.1, -0.05) is 44.2 Å². The lowest BCUT2D eigenvalue weighted by Gasteiger charge is -2.18. The molecule has 0 saturated carbocycles. The number of sulfone groups is 1. The largest absolute Gasteiger partial charge is 0.357 e. The predicted molar refractivity (Wildman–Crippen MR) is 111 cm³/mol. The van der Waals surface area contributed by atoms with Crippen LogP contribution in [0, 0.1) is 5.92 Å². The lowest BCUT2D eigenvalue weighted by atomic mass is 10.0. The zero-order chi connectivity index (χ0) is 19.4. The van der Waals surface area contributed by atoms with Gasteiger partial charge in [-0.15, -0.1) is 0 Å². The third-order valence-corrected chi connectivity index (χ3v) is 5.70. The molecule has 1 rings (SSSR count). The third-order valence-electron chi connectivity index (χ3n) is 4.02. The van der Waals surface area contributed by atoms with Gasteiger partial charge in [0.05, 0.1) is 11.5 Å². The molecule has 0 aliphatic heterocycles. The number of nitrogens with one attached hydrogen (secondary N) is 2. The van der Waals surface area contributed by atoms with Crippen LogP contribution >= 0.6 is 0 Å². The molecule has 0 aliphatic carbocycles. The standard InChI is InChI=1S/C20H35N3O2S/c1-5-21-20(23-18(4)13-12-17(2)3)22-14-9-15-26(24,25)16-19-10-7-6-8-11-19/h6-8,10-11,17-18H,5,9,12-16H2,1-4H3,(H2,21,22,23). The van der Waals surface area contributed by atoms with Crippen LogP contribution < -0.4 is 10.6 Å². The number of benzene rings is 1. The highest BCUT2D eigenvalue weighted by Crippen LogP contribution is 2.08. The van der Waals surface area contributed by atoms with Gasteiger partial charge in [-0.3, -0.25) is 4.99 Å². The Morgan fingerprint density at radius 1 is 1.12 bits per heavy atom. The van der Waals surface area contributed by atoms with E-state index in [0.717, 1.165) is 24.5 Å². The Bertz CT molecular complexity index is 628. The second kappa shape index (κ2) is 11.9. The zero-order valence-electron chi connectivity index (χ0n) is 16.7. The molecule has 0 radical (unpaired) electrons. The molecule has 6 heteroatoms. The first-order valence-corrected chi connectivity index (χ1v) is 11.4. The molecule has 1 aromatic rings. The third kappa shape index (κ3) is 10.4. The Morgan fingerprint density at radius 2 is 1.81 bits per heavy atom. The number of nitrogens with zero attached hydrogens (tertiary/aromatic N) is 1. The average Bonchev–Trinajstić information content (AvgIpc) is 2.57. The van der Waals surface area contributed by atoms with Crippen LogP contribution in [0.25, 0.3) is 0 Å². The molecule has 0 heterocycles. The minimum absolute atomic E-state index is 0.0993. The van der Waals surface area contributed by atoms with E-state index in [-0.39, 0.29) is 11.5 Å². The molecule has 2 N–H and O–H groups in total. The topological polar surface area (TPSA) is 70.6 Å². The van der Waals surface area contributed by atoms with Gasteiger partial charge in [-0.05, 0) is 44.6 Å². The van der Waals surface area contributed by atoms with E-state index in [1.807, 2.05) is 37.3 Å². The summed E-state index contributed by atoms with van der Waals surface area (Å²) in [5, 5.41) is 6.63. The first kappa shape index (κ1) is 22.5. The molecule has 148 valence electrons. The van der Waals surface area contributed by atoms with Crippen LogP contribution in [0.3, 0.4) is 0 Å². The molecule has 0 aliphatic rings. The molecule has 1 atom stereocenters. The molecular weight excluding hydrogens is 346 g/mol. The van der Waals surface area contributed by atoms with Crippen LogP contribution in [0.2, 0.25) is 0 Å². The summed E-state index contributed by atoms with van der Waals surface area (Å²) in [6, 6.07) is 9.66. The van der Waals surface area contributed by atoms with Crippen LogP contribution in [0.1, 0.15) is 52.5 Å². The molecule has 0 aromatic heterocycles. The van der Waals surface area contributed by atoms with Gasteiger partial charge in [-0.25, -0.2) is 8.42 Å². The maximum Gasteiger partial charge on any atom is 0.191 e. The summed E-state index contributed by atoms with van der Waals surface area (Å²) < 4.78 is 24.4. The Kier molecular flexibility index (Phi) is 10.3. The van der Waals surface area contributed by atoms with Crippen molar-refractivity contribution < 1.29 is 8.42 Å². The molecule has 5 nitrogen and oxygen atoms in total. The second-order valence-corrected chi connectivity index (χ2v) is 9.39. The fourth-order valence-corrected chi connectivity index (χ4v) is 4.00. The fourth-order valence-electron chi connectivity index (χ4n) is 2.58. The Balaban J connectivity index is 2.44. The van der Waals surface area contributed by atoms with Crippen LogP contribution in [0.4, 0.5) is 0 Å². The van der Waals surface area contributed by atoms with E-state index in [2.05, 4.69) is 36.4 Å². The first-order chi connectivity index (χ1) is 12.3. The minimum Gasteiger partial charge on any atom is -0.357 e. The summed E-state index contributed by atoms with van der Waals surface area (Å²) in [4.78, 5) is 4.52. The molecule has 26 heavy (non-hydrogen) atoms. The van der Waals surface area contributed by atoms with Gasteiger partial charge >= 0.3 is 0 Å². The van der Waals surface area contributed by atoms with Crippen LogP contribution in [-0.2, 0) is 15.6 Å². The van der Waals surface area contributed by atoms with E-state index >= 15 is 0 Å². The van der Waals surface area contributed by atoms with Crippen molar-refractivity contribution in [3.63, 3.8) is 0 Å². The molecule has 0 bridgehead atoms. The van der Waals surface area contributed by atoms with Crippen molar-refractivity contribution in [3.05, 3.63) is 35.9 Å². The average molecular weight is 382 g/mol. The Morgan fingerprint density at radius 3 is 2.42 bits per heavy atom. The van der Waals surface area contributed by atoms with Gasteiger partial charge in [0.2, 0.25) is 0 Å². The minimum atomic E-state index is -3.10. The van der Waals surface area contributed by atoms with Crippen molar-refractivity contribution in [2.75, 3.05) is 18.8 Å².